The summed E-state index contributed by atoms with van der Waals surface area (Å²) in [4.78, 5) is 14.0. The molecule has 0 N–H and O–H groups in total. The lowest BCUT2D eigenvalue weighted by Gasteiger charge is -2.19. The summed E-state index contributed by atoms with van der Waals surface area (Å²) >= 11 is 0. The number of rotatable bonds is 5. The maximum Gasteiger partial charge on any atom is 0.248 e. The summed E-state index contributed by atoms with van der Waals surface area (Å²) in [5.41, 5.74) is 0.648. The highest BCUT2D eigenvalue weighted by molar-refractivity contribution is 5.77. The van der Waals surface area contributed by atoms with Gasteiger partial charge in [-0.05, 0) is 25.0 Å². The van der Waals surface area contributed by atoms with Crippen LogP contribution in [0, 0.1) is 0 Å². The molecule has 3 rings (SSSR count). The van der Waals surface area contributed by atoms with E-state index in [4.69, 9.17) is 13.7 Å². The van der Waals surface area contributed by atoms with E-state index in [9.17, 15) is 4.79 Å². The van der Waals surface area contributed by atoms with Gasteiger partial charge in [0.1, 0.15) is 12.3 Å². The van der Waals surface area contributed by atoms with Crippen LogP contribution in [0.4, 0.5) is 0 Å². The zero-order valence-electron chi connectivity index (χ0n) is 12.5. The molecule has 22 heavy (non-hydrogen) atoms. The SMILES string of the molecule is O=C(COCc1cc(-c2ccco2)on1)N1CCCCCC1. The van der Waals surface area contributed by atoms with Gasteiger partial charge in [0.05, 0.1) is 12.9 Å². The zero-order valence-corrected chi connectivity index (χ0v) is 12.5. The Bertz CT molecular complexity index is 583. The van der Waals surface area contributed by atoms with Gasteiger partial charge in [-0.2, -0.15) is 0 Å². The normalized spacial score (nSPS) is 15.7. The van der Waals surface area contributed by atoms with Crippen molar-refractivity contribution in [3.63, 3.8) is 0 Å². The molecule has 1 amide bonds. The van der Waals surface area contributed by atoms with E-state index in [1.165, 1.54) is 12.8 Å². The molecule has 0 radical (unpaired) electrons. The van der Waals surface area contributed by atoms with Crippen molar-refractivity contribution in [2.24, 2.45) is 0 Å². The number of hydrogen-bond donors (Lipinski definition) is 0. The lowest BCUT2D eigenvalue weighted by molar-refractivity contribution is -0.136. The van der Waals surface area contributed by atoms with Gasteiger partial charge in [0.25, 0.3) is 0 Å². The molecule has 3 heterocycles. The molecule has 0 atom stereocenters. The van der Waals surface area contributed by atoms with E-state index < -0.39 is 0 Å². The first-order chi connectivity index (χ1) is 10.8. The number of hydrogen-bond acceptors (Lipinski definition) is 5. The molecule has 2 aromatic heterocycles. The number of likely N-dealkylation sites (tertiary alicyclic amines) is 1. The van der Waals surface area contributed by atoms with Crippen molar-refractivity contribution in [3.05, 3.63) is 30.2 Å². The van der Waals surface area contributed by atoms with Crippen LogP contribution in [-0.4, -0.2) is 35.7 Å². The van der Waals surface area contributed by atoms with E-state index in [0.29, 0.717) is 17.2 Å². The van der Waals surface area contributed by atoms with E-state index in [1.54, 1.807) is 24.5 Å². The summed E-state index contributed by atoms with van der Waals surface area (Å²) in [6, 6.07) is 5.34. The second-order valence-electron chi connectivity index (χ2n) is 5.45. The smallest absolute Gasteiger partial charge is 0.248 e. The van der Waals surface area contributed by atoms with E-state index >= 15 is 0 Å². The van der Waals surface area contributed by atoms with E-state index in [0.717, 1.165) is 25.9 Å². The van der Waals surface area contributed by atoms with Crippen LogP contribution in [0.5, 0.6) is 0 Å². The van der Waals surface area contributed by atoms with E-state index in [2.05, 4.69) is 5.16 Å². The fourth-order valence-electron chi connectivity index (χ4n) is 2.57. The molecule has 118 valence electrons. The Balaban J connectivity index is 1.45. The average Bonchev–Trinajstić information content (AvgIpc) is 3.13. The van der Waals surface area contributed by atoms with Crippen LogP contribution in [0.1, 0.15) is 31.4 Å². The van der Waals surface area contributed by atoms with Crippen molar-refractivity contribution in [2.45, 2.75) is 32.3 Å². The minimum atomic E-state index is 0.0525. The predicted octanol–water partition coefficient (Wildman–Crippen LogP) is 2.85. The monoisotopic (exact) mass is 304 g/mol. The van der Waals surface area contributed by atoms with Crippen molar-refractivity contribution < 1.29 is 18.5 Å². The van der Waals surface area contributed by atoms with E-state index in [-0.39, 0.29) is 19.1 Å². The molecule has 6 heteroatoms. The summed E-state index contributed by atoms with van der Waals surface area (Å²) < 4.78 is 15.9. The van der Waals surface area contributed by atoms with Gasteiger partial charge >= 0.3 is 0 Å². The van der Waals surface area contributed by atoms with Crippen molar-refractivity contribution in [3.8, 4) is 11.5 Å². The molecule has 0 saturated carbocycles. The maximum atomic E-state index is 12.1. The van der Waals surface area contributed by atoms with Crippen LogP contribution in [0.25, 0.3) is 11.5 Å². The van der Waals surface area contributed by atoms with Gasteiger partial charge in [0, 0.05) is 19.2 Å². The molecule has 1 saturated heterocycles. The predicted molar refractivity (Wildman–Crippen MR) is 78.9 cm³/mol. The summed E-state index contributed by atoms with van der Waals surface area (Å²) in [6.45, 7) is 2.02. The molecule has 1 aliphatic rings. The highest BCUT2D eigenvalue weighted by atomic mass is 16.5. The van der Waals surface area contributed by atoms with Crippen molar-refractivity contribution in [1.82, 2.24) is 10.1 Å². The third kappa shape index (κ3) is 3.76. The summed E-state index contributed by atoms with van der Waals surface area (Å²) in [7, 11) is 0. The largest absolute Gasteiger partial charge is 0.461 e. The van der Waals surface area contributed by atoms with Crippen LogP contribution in [0.2, 0.25) is 0 Å². The van der Waals surface area contributed by atoms with Crippen molar-refractivity contribution in [2.75, 3.05) is 19.7 Å². The fraction of sp³-hybridized carbons (Fsp3) is 0.500. The Labute approximate surface area is 129 Å². The highest BCUT2D eigenvalue weighted by Crippen LogP contribution is 2.20. The fourth-order valence-corrected chi connectivity index (χ4v) is 2.57. The lowest BCUT2D eigenvalue weighted by Crippen LogP contribution is -2.34. The van der Waals surface area contributed by atoms with Gasteiger partial charge in [-0.3, -0.25) is 4.79 Å². The molecular weight excluding hydrogens is 284 g/mol. The number of furan rings is 1. The number of amides is 1. The van der Waals surface area contributed by atoms with Crippen LogP contribution in [0.3, 0.4) is 0 Å². The molecule has 1 aliphatic heterocycles. The summed E-state index contributed by atoms with van der Waals surface area (Å²) in [5, 5.41) is 3.91. The molecule has 0 aliphatic carbocycles. The lowest BCUT2D eigenvalue weighted by atomic mass is 10.2. The van der Waals surface area contributed by atoms with E-state index in [1.807, 2.05) is 4.90 Å². The van der Waals surface area contributed by atoms with Crippen molar-refractivity contribution >= 4 is 5.91 Å². The molecule has 0 unspecified atom stereocenters. The molecular formula is C16H20N2O4. The quantitative estimate of drug-likeness (QED) is 0.849. The molecule has 1 fully saturated rings. The van der Waals surface area contributed by atoms with Gasteiger partial charge < -0.3 is 18.6 Å². The minimum Gasteiger partial charge on any atom is -0.461 e. The standard InChI is InChI=1S/C16H20N2O4/c19-16(18-7-3-1-2-4-8-18)12-20-11-13-10-15(22-17-13)14-6-5-9-21-14/h5-6,9-10H,1-4,7-8,11-12H2. The van der Waals surface area contributed by atoms with Gasteiger partial charge in [-0.1, -0.05) is 18.0 Å². The average molecular weight is 304 g/mol. The molecule has 6 nitrogen and oxygen atoms in total. The Hall–Kier alpha value is -2.08. The Kier molecular flexibility index (Phi) is 4.90. The summed E-state index contributed by atoms with van der Waals surface area (Å²) in [5.74, 6) is 1.23. The Morgan fingerprint density at radius 3 is 2.77 bits per heavy atom. The number of ether oxygens (including phenoxy) is 1. The van der Waals surface area contributed by atoms with Gasteiger partial charge in [0.15, 0.2) is 5.76 Å². The van der Waals surface area contributed by atoms with Gasteiger partial charge in [0.2, 0.25) is 11.7 Å². The van der Waals surface area contributed by atoms with Crippen LogP contribution < -0.4 is 0 Å². The maximum absolute atomic E-state index is 12.1. The minimum absolute atomic E-state index is 0.0525. The highest BCUT2D eigenvalue weighted by Gasteiger charge is 2.16. The zero-order chi connectivity index (χ0) is 15.2. The molecule has 0 bridgehead atoms. The number of nitrogens with zero attached hydrogens (tertiary/aromatic N) is 2. The molecule has 0 spiro atoms. The Morgan fingerprint density at radius 1 is 1.23 bits per heavy atom. The summed E-state index contributed by atoms with van der Waals surface area (Å²) in [6.07, 6.45) is 6.16. The van der Waals surface area contributed by atoms with Gasteiger partial charge in [-0.15, -0.1) is 0 Å². The second-order valence-corrected chi connectivity index (χ2v) is 5.45. The first kappa shape index (κ1) is 14.8. The number of carbonyl (C=O) groups excluding carboxylic acids is 1. The second kappa shape index (κ2) is 7.26. The van der Waals surface area contributed by atoms with Crippen LogP contribution in [-0.2, 0) is 16.1 Å². The first-order valence-corrected chi connectivity index (χ1v) is 7.68. The van der Waals surface area contributed by atoms with Crippen LogP contribution in [0.15, 0.2) is 33.4 Å². The topological polar surface area (TPSA) is 68.7 Å². The number of aromatic nitrogens is 1. The Morgan fingerprint density at radius 2 is 2.05 bits per heavy atom. The number of carbonyl (C=O) groups is 1. The van der Waals surface area contributed by atoms with Crippen molar-refractivity contribution in [1.29, 1.82) is 0 Å². The molecule has 0 aromatic carbocycles. The molecule has 2 aromatic rings. The first-order valence-electron chi connectivity index (χ1n) is 7.68. The third-order valence-corrected chi connectivity index (χ3v) is 3.76. The van der Waals surface area contributed by atoms with Crippen LogP contribution >= 0.6 is 0 Å². The third-order valence-electron chi connectivity index (χ3n) is 3.76. The van der Waals surface area contributed by atoms with Gasteiger partial charge in [-0.25, -0.2) is 0 Å².